The predicted octanol–water partition coefficient (Wildman–Crippen LogP) is 0.770. The SMILES string of the molecule is CS(=O)(=O)c1ccccc1C(=O)OCC#N. The number of sulfone groups is 1. The minimum absolute atomic E-state index is 0.0553. The van der Waals surface area contributed by atoms with E-state index in [0.29, 0.717) is 0 Å². The Morgan fingerprint density at radius 2 is 2.06 bits per heavy atom. The first kappa shape index (κ1) is 12.2. The first-order valence-electron chi connectivity index (χ1n) is 4.30. The molecule has 0 atom stereocenters. The van der Waals surface area contributed by atoms with Crippen LogP contribution in [0.2, 0.25) is 0 Å². The fourth-order valence-corrected chi connectivity index (χ4v) is 2.01. The fraction of sp³-hybridized carbons (Fsp3) is 0.200. The van der Waals surface area contributed by atoms with E-state index in [2.05, 4.69) is 4.74 Å². The van der Waals surface area contributed by atoms with Gasteiger partial charge in [-0.25, -0.2) is 13.2 Å². The average molecular weight is 239 g/mol. The summed E-state index contributed by atoms with van der Waals surface area (Å²) in [4.78, 5) is 11.3. The predicted molar refractivity (Wildman–Crippen MR) is 55.4 cm³/mol. The van der Waals surface area contributed by atoms with Gasteiger partial charge in [-0.2, -0.15) is 5.26 Å². The third-order valence-electron chi connectivity index (χ3n) is 1.77. The Morgan fingerprint density at radius 3 is 2.62 bits per heavy atom. The van der Waals surface area contributed by atoms with Crippen LogP contribution in [0.1, 0.15) is 10.4 Å². The molecule has 0 heterocycles. The monoisotopic (exact) mass is 239 g/mol. The number of esters is 1. The molecule has 0 saturated heterocycles. The van der Waals surface area contributed by atoms with Crippen LogP contribution in [-0.4, -0.2) is 27.2 Å². The Balaban J connectivity index is 3.15. The lowest BCUT2D eigenvalue weighted by atomic mass is 10.2. The van der Waals surface area contributed by atoms with Crippen molar-refractivity contribution in [3.8, 4) is 6.07 Å². The molecule has 0 aliphatic carbocycles. The Kier molecular flexibility index (Phi) is 3.64. The third-order valence-corrected chi connectivity index (χ3v) is 2.93. The number of rotatable bonds is 3. The first-order valence-corrected chi connectivity index (χ1v) is 6.19. The minimum atomic E-state index is -3.49. The van der Waals surface area contributed by atoms with Crippen LogP contribution in [0.5, 0.6) is 0 Å². The highest BCUT2D eigenvalue weighted by Crippen LogP contribution is 2.16. The molecule has 0 N–H and O–H groups in total. The second kappa shape index (κ2) is 4.77. The maximum Gasteiger partial charge on any atom is 0.340 e. The van der Waals surface area contributed by atoms with Crippen molar-refractivity contribution >= 4 is 15.8 Å². The van der Waals surface area contributed by atoms with E-state index in [4.69, 9.17) is 5.26 Å². The molecule has 0 spiro atoms. The van der Waals surface area contributed by atoms with E-state index in [1.165, 1.54) is 24.3 Å². The molecule has 6 heteroatoms. The summed E-state index contributed by atoms with van der Waals surface area (Å²) in [5, 5.41) is 8.25. The number of hydrogen-bond acceptors (Lipinski definition) is 5. The van der Waals surface area contributed by atoms with Gasteiger partial charge in [0.15, 0.2) is 16.4 Å². The van der Waals surface area contributed by atoms with Crippen LogP contribution in [0.3, 0.4) is 0 Å². The van der Waals surface area contributed by atoms with Gasteiger partial charge < -0.3 is 4.74 Å². The Labute approximate surface area is 93.2 Å². The number of carbonyl (C=O) groups excluding carboxylic acids is 1. The molecule has 0 fully saturated rings. The molecule has 1 aromatic carbocycles. The highest BCUT2D eigenvalue weighted by Gasteiger charge is 2.18. The molecule has 84 valence electrons. The van der Waals surface area contributed by atoms with Crippen LogP contribution in [0.25, 0.3) is 0 Å². The number of carbonyl (C=O) groups is 1. The summed E-state index contributed by atoms with van der Waals surface area (Å²) in [5.41, 5.74) is -0.0553. The van der Waals surface area contributed by atoms with Crippen molar-refractivity contribution in [3.63, 3.8) is 0 Å². The summed E-state index contributed by atoms with van der Waals surface area (Å²) >= 11 is 0. The van der Waals surface area contributed by atoms with Crippen molar-refractivity contribution < 1.29 is 17.9 Å². The maximum absolute atomic E-state index is 11.4. The first-order chi connectivity index (χ1) is 7.46. The van der Waals surface area contributed by atoms with Gasteiger partial charge in [0.2, 0.25) is 0 Å². The van der Waals surface area contributed by atoms with E-state index in [0.717, 1.165) is 6.26 Å². The van der Waals surface area contributed by atoms with E-state index in [-0.39, 0.29) is 10.5 Å². The molecule has 16 heavy (non-hydrogen) atoms. The van der Waals surface area contributed by atoms with Crippen LogP contribution in [0, 0.1) is 11.3 Å². The molecule has 0 aromatic heterocycles. The zero-order valence-electron chi connectivity index (χ0n) is 8.50. The summed E-state index contributed by atoms with van der Waals surface area (Å²) in [6.45, 7) is -0.406. The van der Waals surface area contributed by atoms with Crippen molar-refractivity contribution in [2.45, 2.75) is 4.90 Å². The third kappa shape index (κ3) is 2.81. The molecule has 0 aliphatic heterocycles. The van der Waals surface area contributed by atoms with Gasteiger partial charge in [0, 0.05) is 6.26 Å². The van der Waals surface area contributed by atoms with Crippen LogP contribution in [-0.2, 0) is 14.6 Å². The molecule has 1 rings (SSSR count). The molecule has 0 unspecified atom stereocenters. The normalized spacial score (nSPS) is 10.5. The number of nitriles is 1. The van der Waals surface area contributed by atoms with E-state index in [9.17, 15) is 13.2 Å². The highest BCUT2D eigenvalue weighted by atomic mass is 32.2. The van der Waals surface area contributed by atoms with Gasteiger partial charge in [-0.1, -0.05) is 12.1 Å². The van der Waals surface area contributed by atoms with Gasteiger partial charge >= 0.3 is 5.97 Å². The Morgan fingerprint density at radius 1 is 1.44 bits per heavy atom. The number of benzene rings is 1. The largest absolute Gasteiger partial charge is 0.447 e. The van der Waals surface area contributed by atoms with Crippen LogP contribution in [0.4, 0.5) is 0 Å². The van der Waals surface area contributed by atoms with Gasteiger partial charge in [0.1, 0.15) is 6.07 Å². The van der Waals surface area contributed by atoms with Gasteiger partial charge in [-0.15, -0.1) is 0 Å². The second-order valence-corrected chi connectivity index (χ2v) is 4.99. The average Bonchev–Trinajstić information content (AvgIpc) is 2.24. The second-order valence-electron chi connectivity index (χ2n) is 3.00. The number of nitrogens with zero attached hydrogens (tertiary/aromatic N) is 1. The topological polar surface area (TPSA) is 84.2 Å². The molecule has 5 nitrogen and oxygen atoms in total. The number of hydrogen-bond donors (Lipinski definition) is 0. The molecule has 0 radical (unpaired) electrons. The molecular weight excluding hydrogens is 230 g/mol. The van der Waals surface area contributed by atoms with Crippen molar-refractivity contribution in [3.05, 3.63) is 29.8 Å². The summed E-state index contributed by atoms with van der Waals surface area (Å²) in [5.74, 6) is -0.817. The van der Waals surface area contributed by atoms with Gasteiger partial charge in [0.05, 0.1) is 10.5 Å². The van der Waals surface area contributed by atoms with Crippen molar-refractivity contribution in [2.24, 2.45) is 0 Å². The summed E-state index contributed by atoms with van der Waals surface area (Å²) < 4.78 is 27.3. The lowest BCUT2D eigenvalue weighted by molar-refractivity contribution is 0.0550. The molecule has 1 aromatic rings. The Hall–Kier alpha value is -1.87. The van der Waals surface area contributed by atoms with Crippen LogP contribution in [0.15, 0.2) is 29.2 Å². The summed E-state index contributed by atoms with van der Waals surface area (Å²) in [7, 11) is -3.49. The zero-order valence-corrected chi connectivity index (χ0v) is 9.32. The van der Waals surface area contributed by atoms with Crippen molar-refractivity contribution in [1.29, 1.82) is 5.26 Å². The molecule has 0 bridgehead atoms. The van der Waals surface area contributed by atoms with Crippen LogP contribution >= 0.6 is 0 Å². The van der Waals surface area contributed by atoms with E-state index >= 15 is 0 Å². The molecular formula is C10H9NO4S. The van der Waals surface area contributed by atoms with Gasteiger partial charge in [-0.3, -0.25) is 0 Å². The highest BCUT2D eigenvalue weighted by molar-refractivity contribution is 7.90. The smallest absolute Gasteiger partial charge is 0.340 e. The van der Waals surface area contributed by atoms with E-state index in [1.807, 2.05) is 0 Å². The van der Waals surface area contributed by atoms with Gasteiger partial charge in [-0.05, 0) is 12.1 Å². The maximum atomic E-state index is 11.4. The summed E-state index contributed by atoms with van der Waals surface area (Å²) in [6, 6.07) is 7.33. The lowest BCUT2D eigenvalue weighted by Crippen LogP contribution is -2.11. The lowest BCUT2D eigenvalue weighted by Gasteiger charge is -2.05. The number of ether oxygens (including phenoxy) is 1. The molecule has 0 saturated carbocycles. The molecule has 0 amide bonds. The fourth-order valence-electron chi connectivity index (χ4n) is 1.13. The van der Waals surface area contributed by atoms with E-state index < -0.39 is 22.4 Å². The van der Waals surface area contributed by atoms with Crippen LogP contribution < -0.4 is 0 Å². The van der Waals surface area contributed by atoms with Crippen molar-refractivity contribution in [1.82, 2.24) is 0 Å². The summed E-state index contributed by atoms with van der Waals surface area (Å²) in [6.07, 6.45) is 1.00. The standard InChI is InChI=1S/C10H9NO4S/c1-16(13,14)9-5-3-2-4-8(9)10(12)15-7-6-11/h2-5H,7H2,1H3. The Bertz CT molecular complexity index is 542. The van der Waals surface area contributed by atoms with E-state index in [1.54, 1.807) is 6.07 Å². The molecule has 0 aliphatic rings. The zero-order chi connectivity index (χ0) is 12.2. The minimum Gasteiger partial charge on any atom is -0.447 e. The van der Waals surface area contributed by atoms with Crippen molar-refractivity contribution in [2.75, 3.05) is 12.9 Å². The quantitative estimate of drug-likeness (QED) is 0.727. The van der Waals surface area contributed by atoms with Gasteiger partial charge in [0.25, 0.3) is 0 Å².